The second-order valence-corrected chi connectivity index (χ2v) is 6.12. The van der Waals surface area contributed by atoms with Gasteiger partial charge in [-0.25, -0.2) is 13.1 Å². The van der Waals surface area contributed by atoms with E-state index in [2.05, 4.69) is 10.0 Å². The molecule has 2 N–H and O–H groups in total. The molecule has 1 rings (SSSR count). The lowest BCUT2D eigenvalue weighted by Crippen LogP contribution is -2.31. The maximum atomic E-state index is 12.0. The molecule has 0 saturated heterocycles. The van der Waals surface area contributed by atoms with Crippen LogP contribution in [0.4, 0.5) is 5.69 Å². The van der Waals surface area contributed by atoms with E-state index in [0.29, 0.717) is 12.1 Å². The minimum absolute atomic E-state index is 0.124. The lowest BCUT2D eigenvalue weighted by molar-refractivity contribution is -0.113. The Labute approximate surface area is 118 Å². The van der Waals surface area contributed by atoms with E-state index in [-0.39, 0.29) is 22.7 Å². The van der Waals surface area contributed by atoms with Crippen molar-refractivity contribution >= 4 is 33.2 Å². The van der Waals surface area contributed by atoms with Gasteiger partial charge in [0.1, 0.15) is 5.88 Å². The molecule has 0 bridgehead atoms. The molecule has 1 amide bonds. The van der Waals surface area contributed by atoms with Crippen molar-refractivity contribution in [3.8, 4) is 0 Å². The highest BCUT2D eigenvalue weighted by molar-refractivity contribution is 7.89. The standard InChI is InChI=1S/C12H17ClN2O3S/c1-3-9(2)15-19(17,18)11-6-4-10(5-7-11)14-12(16)8-13/h4-7,9,15H,3,8H2,1-2H3,(H,14,16). The van der Waals surface area contributed by atoms with E-state index in [0.717, 1.165) is 0 Å². The molecule has 0 saturated carbocycles. The summed E-state index contributed by atoms with van der Waals surface area (Å²) >= 11 is 5.36. The molecule has 7 heteroatoms. The summed E-state index contributed by atoms with van der Waals surface area (Å²) in [5, 5.41) is 2.54. The first kappa shape index (κ1) is 15.9. The van der Waals surface area contributed by atoms with Gasteiger partial charge in [-0.15, -0.1) is 11.6 Å². The van der Waals surface area contributed by atoms with Crippen molar-refractivity contribution in [1.82, 2.24) is 4.72 Å². The topological polar surface area (TPSA) is 75.3 Å². The Hall–Kier alpha value is -1.11. The van der Waals surface area contributed by atoms with Gasteiger partial charge in [-0.3, -0.25) is 4.79 Å². The lowest BCUT2D eigenvalue weighted by atomic mass is 10.3. The summed E-state index contributed by atoms with van der Waals surface area (Å²) < 4.78 is 26.5. The number of carbonyl (C=O) groups excluding carboxylic acids is 1. The Kier molecular flexibility index (Phi) is 5.78. The van der Waals surface area contributed by atoms with Crippen molar-refractivity contribution in [3.63, 3.8) is 0 Å². The number of hydrogen-bond donors (Lipinski definition) is 2. The molecule has 0 aliphatic heterocycles. The van der Waals surface area contributed by atoms with Crippen LogP contribution in [0.15, 0.2) is 29.2 Å². The summed E-state index contributed by atoms with van der Waals surface area (Å²) in [6, 6.07) is 5.80. The summed E-state index contributed by atoms with van der Waals surface area (Å²) in [4.78, 5) is 11.2. The summed E-state index contributed by atoms with van der Waals surface area (Å²) in [5.74, 6) is -0.481. The van der Waals surface area contributed by atoms with Crippen LogP contribution in [0.25, 0.3) is 0 Å². The van der Waals surface area contributed by atoms with Gasteiger partial charge in [0.25, 0.3) is 0 Å². The Balaban J connectivity index is 2.83. The Bertz CT molecular complexity index is 528. The number of alkyl halides is 1. The largest absolute Gasteiger partial charge is 0.325 e. The molecule has 1 aromatic carbocycles. The van der Waals surface area contributed by atoms with Crippen molar-refractivity contribution in [2.24, 2.45) is 0 Å². The smallest absolute Gasteiger partial charge is 0.240 e. The molecule has 0 aromatic heterocycles. The van der Waals surface area contributed by atoms with Crippen molar-refractivity contribution in [3.05, 3.63) is 24.3 Å². The second kappa shape index (κ2) is 6.88. The number of anilines is 1. The van der Waals surface area contributed by atoms with E-state index in [1.165, 1.54) is 24.3 Å². The maximum Gasteiger partial charge on any atom is 0.240 e. The summed E-state index contributed by atoms with van der Waals surface area (Å²) in [6.07, 6.45) is 0.711. The number of nitrogens with one attached hydrogen (secondary N) is 2. The molecule has 0 aliphatic rings. The highest BCUT2D eigenvalue weighted by Gasteiger charge is 2.16. The van der Waals surface area contributed by atoms with Gasteiger partial charge in [-0.2, -0.15) is 0 Å². The predicted molar refractivity (Wildman–Crippen MR) is 75.9 cm³/mol. The van der Waals surface area contributed by atoms with Gasteiger partial charge < -0.3 is 5.32 Å². The van der Waals surface area contributed by atoms with E-state index in [9.17, 15) is 13.2 Å². The zero-order chi connectivity index (χ0) is 14.5. The first-order valence-electron chi connectivity index (χ1n) is 5.87. The molecule has 0 spiro atoms. The van der Waals surface area contributed by atoms with E-state index < -0.39 is 10.0 Å². The van der Waals surface area contributed by atoms with Crippen LogP contribution >= 0.6 is 11.6 Å². The first-order valence-corrected chi connectivity index (χ1v) is 7.89. The molecule has 19 heavy (non-hydrogen) atoms. The average molecular weight is 305 g/mol. The second-order valence-electron chi connectivity index (χ2n) is 4.14. The van der Waals surface area contributed by atoms with Crippen LogP contribution in [0.3, 0.4) is 0 Å². The fraction of sp³-hybridized carbons (Fsp3) is 0.417. The van der Waals surface area contributed by atoms with Gasteiger partial charge in [0.15, 0.2) is 0 Å². The van der Waals surface area contributed by atoms with Gasteiger partial charge >= 0.3 is 0 Å². The third kappa shape index (κ3) is 4.81. The van der Waals surface area contributed by atoms with Gasteiger partial charge in [-0.1, -0.05) is 6.92 Å². The van der Waals surface area contributed by atoms with Crippen LogP contribution < -0.4 is 10.0 Å². The molecule has 0 radical (unpaired) electrons. The molecule has 106 valence electrons. The van der Waals surface area contributed by atoms with Crippen LogP contribution in [0.2, 0.25) is 0 Å². The molecule has 1 aromatic rings. The Morgan fingerprint density at radius 2 is 1.89 bits per heavy atom. The molecule has 0 heterocycles. The van der Waals surface area contributed by atoms with Crippen LogP contribution in [-0.4, -0.2) is 26.2 Å². The summed E-state index contributed by atoms with van der Waals surface area (Å²) in [7, 11) is -3.51. The normalized spacial score (nSPS) is 13.0. The Morgan fingerprint density at radius 1 is 1.32 bits per heavy atom. The zero-order valence-electron chi connectivity index (χ0n) is 10.8. The number of rotatable bonds is 6. The van der Waals surface area contributed by atoms with Crippen LogP contribution in [0, 0.1) is 0 Å². The highest BCUT2D eigenvalue weighted by Crippen LogP contribution is 2.14. The monoisotopic (exact) mass is 304 g/mol. The fourth-order valence-electron chi connectivity index (χ4n) is 1.33. The number of benzene rings is 1. The molecule has 1 atom stereocenters. The molecule has 0 fully saturated rings. The average Bonchev–Trinajstić information content (AvgIpc) is 2.38. The van der Waals surface area contributed by atoms with Crippen molar-refractivity contribution in [2.45, 2.75) is 31.2 Å². The number of hydrogen-bond acceptors (Lipinski definition) is 3. The number of halogens is 1. The Morgan fingerprint density at radius 3 is 2.37 bits per heavy atom. The molecular formula is C12H17ClN2O3S. The molecular weight excluding hydrogens is 288 g/mol. The minimum atomic E-state index is -3.51. The SMILES string of the molecule is CCC(C)NS(=O)(=O)c1ccc(NC(=O)CCl)cc1. The number of sulfonamides is 1. The molecule has 1 unspecified atom stereocenters. The highest BCUT2D eigenvalue weighted by atomic mass is 35.5. The van der Waals surface area contributed by atoms with Crippen LogP contribution in [-0.2, 0) is 14.8 Å². The minimum Gasteiger partial charge on any atom is -0.325 e. The number of amides is 1. The molecule has 5 nitrogen and oxygen atoms in total. The molecule has 0 aliphatic carbocycles. The van der Waals surface area contributed by atoms with Crippen LogP contribution in [0.5, 0.6) is 0 Å². The predicted octanol–water partition coefficient (Wildman–Crippen LogP) is 1.94. The maximum absolute atomic E-state index is 12.0. The number of carbonyl (C=O) groups is 1. The van der Waals surface area contributed by atoms with E-state index >= 15 is 0 Å². The van der Waals surface area contributed by atoms with Crippen molar-refractivity contribution in [2.75, 3.05) is 11.2 Å². The van der Waals surface area contributed by atoms with Crippen molar-refractivity contribution < 1.29 is 13.2 Å². The third-order valence-corrected chi connectivity index (χ3v) is 4.39. The fourth-order valence-corrected chi connectivity index (χ4v) is 2.72. The van der Waals surface area contributed by atoms with E-state index in [1.807, 2.05) is 6.92 Å². The van der Waals surface area contributed by atoms with Gasteiger partial charge in [0.05, 0.1) is 4.90 Å². The van der Waals surface area contributed by atoms with Gasteiger partial charge in [-0.05, 0) is 37.6 Å². The van der Waals surface area contributed by atoms with Crippen LogP contribution in [0.1, 0.15) is 20.3 Å². The third-order valence-electron chi connectivity index (χ3n) is 2.54. The van der Waals surface area contributed by atoms with Gasteiger partial charge in [0.2, 0.25) is 15.9 Å². The quantitative estimate of drug-likeness (QED) is 0.789. The van der Waals surface area contributed by atoms with E-state index in [4.69, 9.17) is 11.6 Å². The van der Waals surface area contributed by atoms with E-state index in [1.54, 1.807) is 6.92 Å². The summed E-state index contributed by atoms with van der Waals surface area (Å²) in [6.45, 7) is 3.70. The zero-order valence-corrected chi connectivity index (χ0v) is 12.4. The first-order chi connectivity index (χ1) is 8.89. The van der Waals surface area contributed by atoms with Gasteiger partial charge in [0, 0.05) is 11.7 Å². The van der Waals surface area contributed by atoms with Crippen molar-refractivity contribution in [1.29, 1.82) is 0 Å². The summed E-state index contributed by atoms with van der Waals surface area (Å²) in [5.41, 5.74) is 0.508. The lowest BCUT2D eigenvalue weighted by Gasteiger charge is -2.12.